The highest BCUT2D eigenvalue weighted by molar-refractivity contribution is 5.85. The third-order valence-corrected chi connectivity index (χ3v) is 7.27. The van der Waals surface area contributed by atoms with Crippen LogP contribution in [0.2, 0.25) is 0 Å². The number of anilines is 2. The Morgan fingerprint density at radius 3 is 2.83 bits per heavy atom. The fraction of sp³-hybridized carbons (Fsp3) is 0.286. The van der Waals surface area contributed by atoms with Crippen molar-refractivity contribution in [3.05, 3.63) is 84.0 Å². The van der Waals surface area contributed by atoms with E-state index >= 15 is 0 Å². The number of amides is 1. The van der Waals surface area contributed by atoms with E-state index < -0.39 is 17.3 Å². The van der Waals surface area contributed by atoms with Crippen LogP contribution in [0.1, 0.15) is 49.2 Å². The zero-order chi connectivity index (χ0) is 27.9. The van der Waals surface area contributed by atoms with E-state index in [9.17, 15) is 14.3 Å². The van der Waals surface area contributed by atoms with Crippen molar-refractivity contribution in [2.24, 2.45) is 5.92 Å². The third-order valence-electron chi connectivity index (χ3n) is 7.27. The first kappa shape index (κ1) is 25.6. The van der Waals surface area contributed by atoms with Crippen molar-refractivity contribution in [1.82, 2.24) is 40.2 Å². The van der Waals surface area contributed by atoms with Gasteiger partial charge in [-0.25, -0.2) is 19.0 Å². The molecule has 0 aromatic carbocycles. The van der Waals surface area contributed by atoms with Crippen LogP contribution in [-0.4, -0.2) is 45.9 Å². The van der Waals surface area contributed by atoms with Crippen molar-refractivity contribution in [2.45, 2.75) is 44.8 Å². The smallest absolute Gasteiger partial charge is 0.223 e. The Hall–Kier alpha value is -4.71. The number of fused-ring (bicyclic) bond motifs is 1. The number of hydrogen-bond acceptors (Lipinski definition) is 8. The van der Waals surface area contributed by atoms with Gasteiger partial charge in [-0.1, -0.05) is 12.1 Å². The van der Waals surface area contributed by atoms with Crippen LogP contribution in [-0.2, 0) is 10.4 Å². The minimum atomic E-state index is -1.32. The van der Waals surface area contributed by atoms with Gasteiger partial charge in [-0.2, -0.15) is 10.2 Å². The molecule has 4 N–H and O–H groups in total. The summed E-state index contributed by atoms with van der Waals surface area (Å²) in [5.41, 5.74) is 1.43. The minimum Gasteiger partial charge on any atom is -0.383 e. The molecular weight excluding hydrogens is 513 g/mol. The number of rotatable bonds is 7. The van der Waals surface area contributed by atoms with E-state index in [0.29, 0.717) is 41.5 Å². The normalized spacial score (nSPS) is 19.6. The summed E-state index contributed by atoms with van der Waals surface area (Å²) in [6, 6.07) is 10.7. The van der Waals surface area contributed by atoms with E-state index in [-0.39, 0.29) is 18.4 Å². The first-order chi connectivity index (χ1) is 19.3. The van der Waals surface area contributed by atoms with E-state index in [1.807, 2.05) is 44.2 Å². The fourth-order valence-electron chi connectivity index (χ4n) is 5.18. The van der Waals surface area contributed by atoms with Crippen LogP contribution in [0.4, 0.5) is 16.0 Å². The van der Waals surface area contributed by atoms with Gasteiger partial charge >= 0.3 is 0 Å². The molecule has 204 valence electrons. The summed E-state index contributed by atoms with van der Waals surface area (Å²) in [4.78, 5) is 26.8. The van der Waals surface area contributed by atoms with Gasteiger partial charge in [-0.3, -0.25) is 14.9 Å². The molecule has 0 aliphatic heterocycles. The van der Waals surface area contributed by atoms with Crippen molar-refractivity contribution in [2.75, 3.05) is 5.32 Å². The summed E-state index contributed by atoms with van der Waals surface area (Å²) in [5.74, 6) is 0.615. The van der Waals surface area contributed by atoms with Crippen molar-refractivity contribution in [3.8, 4) is 5.82 Å². The molecule has 1 saturated carbocycles. The quantitative estimate of drug-likeness (QED) is 0.242. The molecule has 5 aromatic heterocycles. The maximum absolute atomic E-state index is 13.3. The maximum Gasteiger partial charge on any atom is 0.223 e. The Bertz CT molecular complexity index is 1680. The largest absolute Gasteiger partial charge is 0.383 e. The Morgan fingerprint density at radius 1 is 1.23 bits per heavy atom. The number of aromatic nitrogens is 7. The Labute approximate surface area is 228 Å². The monoisotopic (exact) mass is 541 g/mol. The predicted octanol–water partition coefficient (Wildman–Crippen LogP) is 3.99. The summed E-state index contributed by atoms with van der Waals surface area (Å²) in [6.45, 7) is 3.78. The Balaban J connectivity index is 1.18. The summed E-state index contributed by atoms with van der Waals surface area (Å²) >= 11 is 0. The average molecular weight is 542 g/mol. The molecule has 1 aliphatic carbocycles. The van der Waals surface area contributed by atoms with Crippen LogP contribution in [0.15, 0.2) is 61.2 Å². The van der Waals surface area contributed by atoms with Crippen molar-refractivity contribution < 1.29 is 14.3 Å². The number of carbonyl (C=O) groups excluding carboxylic acids is 1. The lowest BCUT2D eigenvalue weighted by atomic mass is 9.93. The van der Waals surface area contributed by atoms with Crippen LogP contribution >= 0.6 is 0 Å². The molecule has 3 atom stereocenters. The maximum atomic E-state index is 13.3. The third kappa shape index (κ3) is 5.00. The second-order valence-electron chi connectivity index (χ2n) is 10.2. The van der Waals surface area contributed by atoms with E-state index in [1.165, 1.54) is 10.9 Å². The van der Waals surface area contributed by atoms with Gasteiger partial charge in [-0.15, -0.1) is 0 Å². The zero-order valence-electron chi connectivity index (χ0n) is 22.0. The number of nitrogens with zero attached hydrogens (tertiary/aromatic N) is 6. The molecule has 0 saturated heterocycles. The first-order valence-corrected chi connectivity index (χ1v) is 13.0. The summed E-state index contributed by atoms with van der Waals surface area (Å²) in [6.07, 6.45) is 6.75. The van der Waals surface area contributed by atoms with E-state index in [4.69, 9.17) is 4.98 Å². The number of H-pyrrole nitrogens is 1. The Morgan fingerprint density at radius 2 is 2.10 bits per heavy atom. The van der Waals surface area contributed by atoms with Crippen LogP contribution in [0.5, 0.6) is 0 Å². The zero-order valence-corrected chi connectivity index (χ0v) is 22.0. The Kier molecular flexibility index (Phi) is 6.46. The number of pyridine rings is 3. The van der Waals surface area contributed by atoms with Crippen LogP contribution in [0, 0.1) is 18.7 Å². The molecule has 12 heteroatoms. The highest BCUT2D eigenvalue weighted by Gasteiger charge is 2.44. The molecule has 1 aliphatic rings. The molecular formula is C28H28FN9O2. The molecule has 40 heavy (non-hydrogen) atoms. The molecule has 1 fully saturated rings. The second kappa shape index (κ2) is 10.1. The van der Waals surface area contributed by atoms with Crippen molar-refractivity contribution in [1.29, 1.82) is 0 Å². The summed E-state index contributed by atoms with van der Waals surface area (Å²) < 4.78 is 14.6. The molecule has 0 spiro atoms. The molecule has 1 amide bonds. The SMILES string of the molecule is Cc1cc(Nc2cc3cccnc3c([C@@]3(O)CC[C@H](C(=O)N[C@@H](C)c4ccc(-n5cc(F)cn5)nc4)C3)n2)n[nH]1. The topological polar surface area (TPSA) is 147 Å². The van der Waals surface area contributed by atoms with E-state index in [1.54, 1.807) is 18.5 Å². The number of nitrogens with one attached hydrogen (secondary N) is 3. The van der Waals surface area contributed by atoms with E-state index in [0.717, 1.165) is 22.8 Å². The average Bonchev–Trinajstić information content (AvgIpc) is 3.68. The molecule has 5 aromatic rings. The van der Waals surface area contributed by atoms with Gasteiger partial charge in [0.1, 0.15) is 17.1 Å². The van der Waals surface area contributed by atoms with Crippen LogP contribution in [0.25, 0.3) is 16.7 Å². The number of carbonyl (C=O) groups is 1. The van der Waals surface area contributed by atoms with Crippen molar-refractivity contribution in [3.63, 3.8) is 0 Å². The number of aromatic amines is 1. The summed E-state index contributed by atoms with van der Waals surface area (Å²) in [7, 11) is 0. The molecule has 0 radical (unpaired) electrons. The molecule has 6 rings (SSSR count). The number of halogens is 1. The number of aryl methyl sites for hydroxylation is 1. The van der Waals surface area contributed by atoms with Gasteiger partial charge in [0, 0.05) is 35.5 Å². The highest BCUT2D eigenvalue weighted by Crippen LogP contribution is 2.44. The first-order valence-electron chi connectivity index (χ1n) is 13.0. The lowest BCUT2D eigenvalue weighted by Gasteiger charge is -2.24. The predicted molar refractivity (Wildman–Crippen MR) is 145 cm³/mol. The van der Waals surface area contributed by atoms with Gasteiger partial charge in [0.15, 0.2) is 17.5 Å². The van der Waals surface area contributed by atoms with Crippen molar-refractivity contribution >= 4 is 28.4 Å². The number of hydrogen-bond donors (Lipinski definition) is 4. The van der Waals surface area contributed by atoms with Gasteiger partial charge in [0.2, 0.25) is 5.91 Å². The minimum absolute atomic E-state index is 0.153. The lowest BCUT2D eigenvalue weighted by Crippen LogP contribution is -2.33. The molecule has 0 unspecified atom stereocenters. The number of aliphatic hydroxyl groups is 1. The standard InChI is InChI=1S/C28H28FN9O2/c1-16-10-23(37-36-16)34-22-11-18-4-3-9-30-25(18)26(35-22)28(40)8-7-19(12-28)27(39)33-17(2)20-5-6-24(31-13-20)38-15-21(29)14-32-38/h3-6,9-11,13-15,17,19,40H,7-8,12H2,1-2H3,(H,33,39)(H2,34,35,36,37)/t17-,19-,28+/m0/s1. The highest BCUT2D eigenvalue weighted by atomic mass is 19.1. The second-order valence-corrected chi connectivity index (χ2v) is 10.2. The molecule has 5 heterocycles. The molecule has 11 nitrogen and oxygen atoms in total. The van der Waals surface area contributed by atoms with Crippen LogP contribution in [0.3, 0.4) is 0 Å². The fourth-order valence-corrected chi connectivity index (χ4v) is 5.18. The van der Waals surface area contributed by atoms with Gasteiger partial charge in [0.25, 0.3) is 0 Å². The summed E-state index contributed by atoms with van der Waals surface area (Å²) in [5, 5.41) is 29.9. The van der Waals surface area contributed by atoms with Crippen LogP contribution < -0.4 is 10.6 Å². The van der Waals surface area contributed by atoms with Gasteiger partial charge in [0.05, 0.1) is 24.0 Å². The lowest BCUT2D eigenvalue weighted by molar-refractivity contribution is -0.126. The van der Waals surface area contributed by atoms with Gasteiger partial charge in [-0.05, 0) is 56.9 Å². The molecule has 0 bridgehead atoms. The van der Waals surface area contributed by atoms with E-state index in [2.05, 4.69) is 35.9 Å². The van der Waals surface area contributed by atoms with Gasteiger partial charge < -0.3 is 15.7 Å².